The quantitative estimate of drug-likeness (QED) is 0.590. The van der Waals surface area contributed by atoms with Crippen molar-refractivity contribution in [2.45, 2.75) is 0 Å². The van der Waals surface area contributed by atoms with E-state index < -0.39 is 7.11 Å². The van der Waals surface area contributed by atoms with Crippen molar-refractivity contribution in [3.05, 3.63) is 60.7 Å². The fourth-order valence-electron chi connectivity index (χ4n) is 2.05. The van der Waals surface area contributed by atoms with Crippen LogP contribution in [0, 0.1) is 0 Å². The van der Waals surface area contributed by atoms with Gasteiger partial charge >= 0.3 is 0 Å². The molecule has 2 rings (SSSR count). The topological polar surface area (TPSA) is 0 Å². The van der Waals surface area contributed by atoms with Gasteiger partial charge in [0, 0.05) is 53.7 Å². The summed E-state index contributed by atoms with van der Waals surface area (Å²) in [5, 5.41) is 3.16. The number of rotatable bonds is 6. The van der Waals surface area contributed by atoms with Gasteiger partial charge in [0.05, 0.1) is 7.11 Å². The van der Waals surface area contributed by atoms with Gasteiger partial charge in [-0.1, -0.05) is 71.0 Å². The van der Waals surface area contributed by atoms with E-state index in [1.165, 1.54) is 0 Å². The standard InChI is InChI=1S/C12H10Si7/c13-15-17-19(18-16-14,11-7-3-1-4-8-11)12-9-5-2-6-10-12/h1-10H. The van der Waals surface area contributed by atoms with Crippen LogP contribution in [-0.2, 0) is 0 Å². The highest BCUT2D eigenvalue weighted by molar-refractivity contribution is 7.79. The van der Waals surface area contributed by atoms with Crippen molar-refractivity contribution in [1.29, 1.82) is 0 Å². The Labute approximate surface area is 131 Å². The molecule has 0 bridgehead atoms. The van der Waals surface area contributed by atoms with E-state index in [9.17, 15) is 0 Å². The summed E-state index contributed by atoms with van der Waals surface area (Å²) in [5.74, 6) is 0. The predicted octanol–water partition coefficient (Wildman–Crippen LogP) is -0.943. The molecule has 0 aliphatic rings. The minimum Gasteiger partial charge on any atom is -0.0632 e. The summed E-state index contributed by atoms with van der Waals surface area (Å²) in [6.07, 6.45) is 0. The molecule has 2 aromatic carbocycles. The summed E-state index contributed by atoms with van der Waals surface area (Å²) in [6, 6.07) is 22.3. The Morgan fingerprint density at radius 1 is 0.632 bits per heavy atom. The first-order chi connectivity index (χ1) is 9.33. The van der Waals surface area contributed by atoms with Crippen LogP contribution in [0.5, 0.6) is 0 Å². The van der Waals surface area contributed by atoms with Gasteiger partial charge in [-0.2, -0.15) is 0 Å². The van der Waals surface area contributed by atoms with Gasteiger partial charge in [-0.3, -0.25) is 0 Å². The zero-order valence-corrected chi connectivity index (χ0v) is 17.3. The highest BCUT2D eigenvalue weighted by Crippen LogP contribution is 2.02. The first-order valence-electron chi connectivity index (χ1n) is 5.82. The molecule has 7 heteroatoms. The largest absolute Gasteiger partial charge is 0.0865 e. The number of hydrogen-bond donors (Lipinski definition) is 0. The zero-order chi connectivity index (χ0) is 13.6. The summed E-state index contributed by atoms with van der Waals surface area (Å²) >= 11 is 0. The van der Waals surface area contributed by atoms with Crippen molar-refractivity contribution < 1.29 is 0 Å². The molecule has 0 fully saturated rings. The van der Waals surface area contributed by atoms with E-state index in [1.807, 2.05) is 0 Å². The molecule has 0 atom stereocenters. The van der Waals surface area contributed by atoms with E-state index in [4.69, 9.17) is 0 Å². The number of hydrogen-bond acceptors (Lipinski definition) is 0. The third-order valence-corrected chi connectivity index (χ3v) is 35.3. The maximum absolute atomic E-state index is 3.77. The van der Waals surface area contributed by atoms with Crippen molar-refractivity contribution in [1.82, 2.24) is 0 Å². The molecule has 0 aliphatic heterocycles. The maximum Gasteiger partial charge on any atom is 0.0865 e. The first kappa shape index (κ1) is 15.3. The van der Waals surface area contributed by atoms with Crippen molar-refractivity contribution in [3.63, 3.8) is 0 Å². The Kier molecular flexibility index (Phi) is 6.19. The lowest BCUT2D eigenvalue weighted by Crippen LogP contribution is -2.71. The molecule has 0 aliphatic carbocycles. The van der Waals surface area contributed by atoms with Gasteiger partial charge in [-0.15, -0.1) is 0 Å². The highest BCUT2D eigenvalue weighted by atomic mass is 30.0. The molecule has 0 heterocycles. The summed E-state index contributed by atoms with van der Waals surface area (Å²) < 4.78 is 0. The van der Waals surface area contributed by atoms with Crippen LogP contribution in [0.4, 0.5) is 0 Å². The van der Waals surface area contributed by atoms with E-state index in [0.29, 0.717) is 0 Å². The second-order valence-corrected chi connectivity index (χ2v) is 25.6. The third-order valence-electron chi connectivity index (χ3n) is 2.91. The Morgan fingerprint density at radius 3 is 1.32 bits per heavy atom. The normalized spacial score (nSPS) is 11.5. The molecule has 19 heavy (non-hydrogen) atoms. The average molecular weight is 351 g/mol. The van der Waals surface area contributed by atoms with Gasteiger partial charge in [0.15, 0.2) is 0 Å². The van der Waals surface area contributed by atoms with Crippen molar-refractivity contribution in [3.8, 4) is 0 Å². The smallest absolute Gasteiger partial charge is 0.0632 e. The maximum atomic E-state index is 3.77. The van der Waals surface area contributed by atoms with Gasteiger partial charge in [-0.05, 0) is 0 Å². The first-order valence-corrected chi connectivity index (χ1v) is 18.8. The molecule has 0 saturated carbocycles. The zero-order valence-electron chi connectivity index (χ0n) is 10.3. The van der Waals surface area contributed by atoms with E-state index in [2.05, 4.69) is 80.2 Å². The third kappa shape index (κ3) is 3.54. The molecule has 0 amide bonds. The van der Waals surface area contributed by atoms with Crippen LogP contribution >= 0.6 is 0 Å². The average Bonchev–Trinajstić information content (AvgIpc) is 2.49. The minimum atomic E-state index is -1.56. The van der Waals surface area contributed by atoms with Crippen LogP contribution in [0.1, 0.15) is 0 Å². The molecule has 0 nitrogen and oxygen atoms in total. The molecule has 2 aromatic rings. The van der Waals surface area contributed by atoms with Gasteiger partial charge in [0.2, 0.25) is 0 Å². The van der Waals surface area contributed by atoms with E-state index >= 15 is 0 Å². The lowest BCUT2D eigenvalue weighted by molar-refractivity contribution is 1.74. The van der Waals surface area contributed by atoms with Crippen molar-refractivity contribution >= 4 is 71.2 Å². The van der Waals surface area contributed by atoms with Crippen LogP contribution < -0.4 is 10.4 Å². The van der Waals surface area contributed by atoms with E-state index in [0.717, 1.165) is 34.2 Å². The Hall–Kier alpha value is -0.0418. The second kappa shape index (κ2) is 7.66. The molecular formula is C12H10Si7. The van der Waals surface area contributed by atoms with E-state index in [-0.39, 0.29) is 0 Å². The monoisotopic (exact) mass is 350 g/mol. The van der Waals surface area contributed by atoms with Crippen LogP contribution in [0.25, 0.3) is 0 Å². The highest BCUT2D eigenvalue weighted by Gasteiger charge is 2.35. The Balaban J connectivity index is 2.54. The fourth-order valence-corrected chi connectivity index (χ4v) is 46.0. The molecule has 0 aromatic heterocycles. The summed E-state index contributed by atoms with van der Waals surface area (Å²) in [7, 11) is 9.69. The van der Waals surface area contributed by atoms with E-state index in [1.54, 1.807) is 10.4 Å². The van der Waals surface area contributed by atoms with Crippen LogP contribution in [0.15, 0.2) is 60.7 Å². The summed E-state index contributed by atoms with van der Waals surface area (Å²) in [5.41, 5.74) is 0. The predicted molar refractivity (Wildman–Crippen MR) is 92.4 cm³/mol. The SMILES string of the molecule is [Si][Si][Si][Si]([Si][Si][Si])(c1ccccc1)c1ccccc1. The lowest BCUT2D eigenvalue weighted by Gasteiger charge is -2.32. The molecule has 14 radical (unpaired) electrons. The van der Waals surface area contributed by atoms with Gasteiger partial charge in [0.1, 0.15) is 0 Å². The molecule has 0 spiro atoms. The van der Waals surface area contributed by atoms with Crippen LogP contribution in [-0.4, -0.2) is 60.8 Å². The molecule has 0 N–H and O–H groups in total. The molecular weight excluding hydrogens is 341 g/mol. The molecule has 0 saturated heterocycles. The van der Waals surface area contributed by atoms with Crippen LogP contribution in [0.2, 0.25) is 0 Å². The minimum absolute atomic E-state index is 0.855. The van der Waals surface area contributed by atoms with Gasteiger partial charge < -0.3 is 0 Å². The fraction of sp³-hybridized carbons (Fsp3) is 0. The van der Waals surface area contributed by atoms with Crippen molar-refractivity contribution in [2.75, 3.05) is 0 Å². The second-order valence-electron chi connectivity index (χ2n) is 3.98. The molecule has 0 unspecified atom stereocenters. The van der Waals surface area contributed by atoms with Gasteiger partial charge in [0.25, 0.3) is 0 Å². The van der Waals surface area contributed by atoms with Crippen molar-refractivity contribution in [2.24, 2.45) is 0 Å². The lowest BCUT2D eigenvalue weighted by atomic mass is 10.4. The number of benzene rings is 2. The summed E-state index contributed by atoms with van der Waals surface area (Å²) in [4.78, 5) is 0. The van der Waals surface area contributed by atoms with Crippen LogP contribution in [0.3, 0.4) is 0 Å². The Morgan fingerprint density at radius 2 is 1.00 bits per heavy atom. The summed E-state index contributed by atoms with van der Waals surface area (Å²) in [6.45, 7) is 0. The Bertz CT molecular complexity index is 440. The molecule has 86 valence electrons. The van der Waals surface area contributed by atoms with Gasteiger partial charge in [-0.25, -0.2) is 0 Å².